The fraction of sp³-hybridized carbons (Fsp3) is 0.290. The third-order valence-electron chi connectivity index (χ3n) is 7.90. The molecule has 1 fully saturated rings. The van der Waals surface area contributed by atoms with Gasteiger partial charge in [0.15, 0.2) is 11.6 Å². The van der Waals surface area contributed by atoms with Crippen LogP contribution < -0.4 is 15.3 Å². The van der Waals surface area contributed by atoms with Gasteiger partial charge in [0.1, 0.15) is 24.0 Å². The number of ether oxygens (including phenoxy) is 1. The molecule has 2 aromatic heterocycles. The lowest BCUT2D eigenvalue weighted by molar-refractivity contribution is -0.126. The van der Waals surface area contributed by atoms with Crippen LogP contribution in [0.2, 0.25) is 0 Å². The van der Waals surface area contributed by atoms with Crippen LogP contribution in [0, 0.1) is 18.6 Å². The molecule has 0 spiro atoms. The fourth-order valence-corrected chi connectivity index (χ4v) is 5.90. The first-order chi connectivity index (χ1) is 20.1. The van der Waals surface area contributed by atoms with Crippen molar-refractivity contribution in [1.29, 1.82) is 0 Å². The summed E-state index contributed by atoms with van der Waals surface area (Å²) in [6.45, 7) is 10.2. The predicted octanol–water partition coefficient (Wildman–Crippen LogP) is 4.46. The molecule has 2 aromatic carbocycles. The normalized spacial score (nSPS) is 16.3. The number of benzene rings is 2. The van der Waals surface area contributed by atoms with Gasteiger partial charge in [-0.3, -0.25) is 14.3 Å². The number of phenolic OH excluding ortho intramolecular Hbond substituents is 1. The fourth-order valence-electron chi connectivity index (χ4n) is 5.90. The van der Waals surface area contributed by atoms with E-state index in [2.05, 4.69) is 16.5 Å². The molecule has 0 aliphatic carbocycles. The van der Waals surface area contributed by atoms with Crippen molar-refractivity contribution in [2.45, 2.75) is 32.7 Å². The number of piperazine rings is 1. The van der Waals surface area contributed by atoms with Crippen molar-refractivity contribution in [2.75, 3.05) is 31.1 Å². The molecule has 42 heavy (non-hydrogen) atoms. The van der Waals surface area contributed by atoms with Crippen LogP contribution in [0.25, 0.3) is 27.7 Å². The summed E-state index contributed by atoms with van der Waals surface area (Å²) in [5, 5.41) is 10.8. The monoisotopic (exact) mass is 573 g/mol. The van der Waals surface area contributed by atoms with Crippen molar-refractivity contribution in [3.63, 3.8) is 0 Å². The van der Waals surface area contributed by atoms with E-state index >= 15 is 8.78 Å². The zero-order chi connectivity index (χ0) is 29.9. The molecule has 11 heteroatoms. The molecular weight excluding hydrogens is 544 g/mol. The van der Waals surface area contributed by atoms with E-state index in [1.165, 1.54) is 28.8 Å². The number of fused-ring (bicyclic) bond motifs is 2. The Kier molecular flexibility index (Phi) is 6.67. The second kappa shape index (κ2) is 10.2. The molecule has 1 amide bonds. The van der Waals surface area contributed by atoms with Crippen molar-refractivity contribution in [1.82, 2.24) is 19.4 Å². The van der Waals surface area contributed by atoms with Crippen molar-refractivity contribution < 1.29 is 23.4 Å². The largest absolute Gasteiger partial charge is 0.507 e. The second-order valence-electron chi connectivity index (χ2n) is 10.8. The number of phenols is 1. The summed E-state index contributed by atoms with van der Waals surface area (Å²) in [5.74, 6) is -2.54. The van der Waals surface area contributed by atoms with E-state index in [9.17, 15) is 14.7 Å². The minimum Gasteiger partial charge on any atom is -0.507 e. The zero-order valence-corrected chi connectivity index (χ0v) is 23.4. The number of carbonyl (C=O) groups is 1. The summed E-state index contributed by atoms with van der Waals surface area (Å²) in [7, 11) is 0. The predicted molar refractivity (Wildman–Crippen MR) is 154 cm³/mol. The van der Waals surface area contributed by atoms with Gasteiger partial charge >= 0.3 is 5.69 Å². The minimum atomic E-state index is -0.901. The number of halogens is 2. The van der Waals surface area contributed by atoms with Gasteiger partial charge in [0, 0.05) is 31.4 Å². The third kappa shape index (κ3) is 4.18. The summed E-state index contributed by atoms with van der Waals surface area (Å²) in [4.78, 5) is 38.9. The molecule has 0 radical (unpaired) electrons. The van der Waals surface area contributed by atoms with Gasteiger partial charge in [-0.2, -0.15) is 4.98 Å². The van der Waals surface area contributed by atoms with Crippen LogP contribution in [-0.2, 0) is 4.79 Å². The molecular formula is C31H29F2N5O4. The average molecular weight is 574 g/mol. The molecule has 1 N–H and O–H groups in total. The Bertz CT molecular complexity index is 1820. The zero-order valence-electron chi connectivity index (χ0n) is 23.4. The lowest BCUT2D eigenvalue weighted by atomic mass is 9.99. The van der Waals surface area contributed by atoms with Crippen LogP contribution in [-0.4, -0.2) is 62.7 Å². The standard InChI is InChI=1S/C31H29F2N5O4/c1-5-23(40)36-11-12-37-18(14-36)15-42-29-25-21(13-19(26(29)33)24-20(32)7-6-8-22(24)39)38(31(41)35-30(25)37)28-17(4)9-10-34-27(28)16(2)3/h5-10,13,16,18,39H,1,11-12,14-15H2,2-4H3/t18-/m0/s1. The van der Waals surface area contributed by atoms with E-state index in [0.717, 1.165) is 11.6 Å². The highest BCUT2D eigenvalue weighted by Crippen LogP contribution is 2.45. The van der Waals surface area contributed by atoms with Gasteiger partial charge in [0.05, 0.1) is 33.9 Å². The van der Waals surface area contributed by atoms with Crippen LogP contribution in [0.5, 0.6) is 11.5 Å². The molecule has 6 rings (SSSR count). The van der Waals surface area contributed by atoms with Gasteiger partial charge in [-0.1, -0.05) is 26.5 Å². The van der Waals surface area contributed by atoms with Crippen molar-refractivity contribution in [3.05, 3.63) is 82.6 Å². The van der Waals surface area contributed by atoms with Gasteiger partial charge in [0.25, 0.3) is 0 Å². The third-order valence-corrected chi connectivity index (χ3v) is 7.90. The maximum atomic E-state index is 16.5. The van der Waals surface area contributed by atoms with Crippen LogP contribution in [0.4, 0.5) is 14.6 Å². The number of nitrogens with zero attached hydrogens (tertiary/aromatic N) is 5. The molecule has 2 aliphatic heterocycles. The quantitative estimate of drug-likeness (QED) is 0.360. The smallest absolute Gasteiger partial charge is 0.354 e. The van der Waals surface area contributed by atoms with E-state index in [1.54, 1.807) is 17.2 Å². The Hall–Kier alpha value is -4.80. The molecule has 2 aliphatic rings. The Balaban J connectivity index is 1.71. The number of hydrogen-bond donors (Lipinski definition) is 1. The van der Waals surface area contributed by atoms with Gasteiger partial charge < -0.3 is 19.6 Å². The summed E-state index contributed by atoms with van der Waals surface area (Å²) >= 11 is 0. The highest BCUT2D eigenvalue weighted by molar-refractivity contribution is 6.00. The van der Waals surface area contributed by atoms with Crippen molar-refractivity contribution in [3.8, 4) is 28.3 Å². The van der Waals surface area contributed by atoms with Crippen LogP contribution in [0.1, 0.15) is 31.0 Å². The number of hydrogen-bond acceptors (Lipinski definition) is 7. The number of aryl methyl sites for hydroxylation is 1. The SMILES string of the molecule is C=CC(=O)N1CCN2c3nc(=O)n(-c4c(C)ccnc4C(C)C)c4cc(-c5c(O)cccc5F)c(F)c(c34)OC[C@@H]2C1. The molecule has 0 bridgehead atoms. The highest BCUT2D eigenvalue weighted by atomic mass is 19.1. The van der Waals surface area contributed by atoms with Crippen LogP contribution in [0.15, 0.2) is 54.0 Å². The molecule has 1 atom stereocenters. The molecule has 216 valence electrons. The summed E-state index contributed by atoms with van der Waals surface area (Å²) in [5.41, 5.74) is 0.807. The minimum absolute atomic E-state index is 0.0344. The van der Waals surface area contributed by atoms with Gasteiger partial charge in [-0.15, -0.1) is 0 Å². The maximum absolute atomic E-state index is 16.5. The Morgan fingerprint density at radius 1 is 1.24 bits per heavy atom. The van der Waals surface area contributed by atoms with Gasteiger partial charge in [0.2, 0.25) is 5.91 Å². The highest BCUT2D eigenvalue weighted by Gasteiger charge is 2.37. The lowest BCUT2D eigenvalue weighted by Crippen LogP contribution is -2.56. The molecule has 4 aromatic rings. The summed E-state index contributed by atoms with van der Waals surface area (Å²) in [6, 6.07) is 6.38. The molecule has 0 saturated carbocycles. The van der Waals surface area contributed by atoms with Crippen LogP contribution >= 0.6 is 0 Å². The summed E-state index contributed by atoms with van der Waals surface area (Å²) < 4.78 is 39.1. The Labute approximate surface area is 240 Å². The number of anilines is 1. The lowest BCUT2D eigenvalue weighted by Gasteiger charge is -2.40. The van der Waals surface area contributed by atoms with E-state index in [4.69, 9.17) is 4.74 Å². The van der Waals surface area contributed by atoms with Crippen molar-refractivity contribution >= 4 is 22.6 Å². The number of aromatic nitrogens is 3. The van der Waals surface area contributed by atoms with E-state index in [-0.39, 0.29) is 58.6 Å². The Morgan fingerprint density at radius 3 is 2.74 bits per heavy atom. The maximum Gasteiger partial charge on any atom is 0.354 e. The van der Waals surface area contributed by atoms with Crippen LogP contribution in [0.3, 0.4) is 0 Å². The number of aromatic hydroxyl groups is 1. The first-order valence-electron chi connectivity index (χ1n) is 13.7. The number of rotatable bonds is 4. The van der Waals surface area contributed by atoms with Crippen molar-refractivity contribution in [2.24, 2.45) is 0 Å². The average Bonchev–Trinajstić information content (AvgIpc) is 3.12. The van der Waals surface area contributed by atoms with E-state index in [0.29, 0.717) is 24.5 Å². The Morgan fingerprint density at radius 2 is 2.02 bits per heavy atom. The van der Waals surface area contributed by atoms with Gasteiger partial charge in [-0.25, -0.2) is 13.6 Å². The van der Waals surface area contributed by atoms with E-state index < -0.39 is 29.1 Å². The number of amides is 1. The second-order valence-corrected chi connectivity index (χ2v) is 10.8. The number of carbonyl (C=O) groups excluding carboxylic acids is 1. The summed E-state index contributed by atoms with van der Waals surface area (Å²) in [6.07, 6.45) is 2.89. The van der Waals surface area contributed by atoms with Gasteiger partial charge in [-0.05, 0) is 48.7 Å². The molecule has 0 unspecified atom stereocenters. The van der Waals surface area contributed by atoms with E-state index in [1.807, 2.05) is 25.7 Å². The molecule has 1 saturated heterocycles. The molecule has 9 nitrogen and oxygen atoms in total. The number of pyridine rings is 1. The molecule has 4 heterocycles. The first-order valence-corrected chi connectivity index (χ1v) is 13.7. The topological polar surface area (TPSA) is 101 Å². The first kappa shape index (κ1) is 27.4.